The highest BCUT2D eigenvalue weighted by Gasteiger charge is 2.34. The van der Waals surface area contributed by atoms with Crippen LogP contribution in [-0.4, -0.2) is 46.2 Å². The summed E-state index contributed by atoms with van der Waals surface area (Å²) < 4.78 is 40.5. The molecule has 0 aliphatic carbocycles. The number of H-pyrrole nitrogens is 1. The molecule has 2 N–H and O–H groups in total. The molecule has 6 nitrogen and oxygen atoms in total. The van der Waals surface area contributed by atoms with E-state index in [9.17, 15) is 22.8 Å². The first kappa shape index (κ1) is 26.3. The molecule has 1 aliphatic heterocycles. The van der Waals surface area contributed by atoms with Crippen molar-refractivity contribution in [3.63, 3.8) is 0 Å². The fourth-order valence-electron chi connectivity index (χ4n) is 5.36. The minimum absolute atomic E-state index is 0.00104. The van der Waals surface area contributed by atoms with Gasteiger partial charge < -0.3 is 14.9 Å². The topological polar surface area (TPSA) is 70.1 Å². The second-order valence-corrected chi connectivity index (χ2v) is 10.0. The van der Waals surface area contributed by atoms with Crippen LogP contribution < -0.4 is 10.9 Å². The average Bonchev–Trinajstić information content (AvgIpc) is 3.09. The molecule has 10 heteroatoms. The average molecular weight is 523 g/mol. The standard InChI is InChI=1S/C26H30ClF3N4O2/c1-15-12-21(27)20(24(35)32-15)13-31-25(36)23-17(3)34(22-7-5-4-6-19(22)23)16(2)18-8-10-33(11-9-18)14-26(28,29)30/h4-7,12,16,18H,8-11,13-14H2,1-3H3,(H,31,36)(H,32,35)/t16-/m1/s1. The van der Waals surface area contributed by atoms with Crippen LogP contribution in [0.1, 0.15) is 53.1 Å². The first-order valence-corrected chi connectivity index (χ1v) is 12.4. The number of benzene rings is 1. The molecule has 1 atom stereocenters. The summed E-state index contributed by atoms with van der Waals surface area (Å²) in [5.74, 6) is -0.129. The van der Waals surface area contributed by atoms with Crippen LogP contribution in [0.5, 0.6) is 0 Å². The highest BCUT2D eigenvalue weighted by molar-refractivity contribution is 6.31. The number of carbonyl (C=O) groups is 1. The summed E-state index contributed by atoms with van der Waals surface area (Å²) in [6, 6.07) is 9.26. The Morgan fingerprint density at radius 1 is 1.22 bits per heavy atom. The van der Waals surface area contributed by atoms with E-state index >= 15 is 0 Å². The second kappa shape index (κ2) is 10.3. The fourth-order valence-corrected chi connectivity index (χ4v) is 5.67. The molecular formula is C26H30ClF3N4O2. The second-order valence-electron chi connectivity index (χ2n) is 9.61. The van der Waals surface area contributed by atoms with Gasteiger partial charge in [0, 0.05) is 28.3 Å². The maximum absolute atomic E-state index is 13.3. The van der Waals surface area contributed by atoms with Crippen molar-refractivity contribution in [2.75, 3.05) is 19.6 Å². The number of nitrogens with zero attached hydrogens (tertiary/aromatic N) is 2. The van der Waals surface area contributed by atoms with Gasteiger partial charge in [-0.15, -0.1) is 0 Å². The Morgan fingerprint density at radius 3 is 2.53 bits per heavy atom. The smallest absolute Gasteiger partial charge is 0.348 e. The number of carbonyl (C=O) groups excluding carboxylic acids is 1. The van der Waals surface area contributed by atoms with Crippen LogP contribution in [0.3, 0.4) is 0 Å². The molecule has 0 spiro atoms. The van der Waals surface area contributed by atoms with Crippen LogP contribution in [0.15, 0.2) is 35.1 Å². The summed E-state index contributed by atoms with van der Waals surface area (Å²) in [6.07, 6.45) is -2.89. The van der Waals surface area contributed by atoms with E-state index < -0.39 is 12.7 Å². The quantitative estimate of drug-likeness (QED) is 0.457. The number of piperidine rings is 1. The highest BCUT2D eigenvalue weighted by atomic mass is 35.5. The molecule has 1 aliphatic rings. The summed E-state index contributed by atoms with van der Waals surface area (Å²) >= 11 is 6.23. The number of aromatic nitrogens is 2. The number of pyridine rings is 1. The van der Waals surface area contributed by atoms with Crippen molar-refractivity contribution in [2.45, 2.75) is 52.4 Å². The number of nitrogens with one attached hydrogen (secondary N) is 2. The van der Waals surface area contributed by atoms with Crippen LogP contribution in [0.4, 0.5) is 13.2 Å². The normalized spacial score (nSPS) is 16.4. The van der Waals surface area contributed by atoms with Gasteiger partial charge in [-0.2, -0.15) is 13.2 Å². The maximum Gasteiger partial charge on any atom is 0.401 e. The predicted molar refractivity (Wildman–Crippen MR) is 135 cm³/mol. The van der Waals surface area contributed by atoms with E-state index in [2.05, 4.69) is 21.8 Å². The molecule has 1 aromatic carbocycles. The van der Waals surface area contributed by atoms with Crippen molar-refractivity contribution in [1.82, 2.24) is 19.8 Å². The number of hydrogen-bond acceptors (Lipinski definition) is 3. The Labute approximate surface area is 212 Å². The van der Waals surface area contributed by atoms with E-state index in [1.807, 2.05) is 31.2 Å². The van der Waals surface area contributed by atoms with Crippen LogP contribution in [-0.2, 0) is 6.54 Å². The van der Waals surface area contributed by atoms with Gasteiger partial charge >= 0.3 is 6.18 Å². The highest BCUT2D eigenvalue weighted by Crippen LogP contribution is 2.36. The van der Waals surface area contributed by atoms with Crippen molar-refractivity contribution in [2.24, 2.45) is 5.92 Å². The molecule has 3 aromatic rings. The maximum atomic E-state index is 13.3. The number of fused-ring (bicyclic) bond motifs is 1. The Hall–Kier alpha value is -2.78. The van der Waals surface area contributed by atoms with Crippen LogP contribution >= 0.6 is 11.6 Å². The van der Waals surface area contributed by atoms with Gasteiger partial charge in [0.05, 0.1) is 29.2 Å². The number of aromatic amines is 1. The van der Waals surface area contributed by atoms with Gasteiger partial charge in [0.1, 0.15) is 0 Å². The Bertz CT molecular complexity index is 1320. The summed E-state index contributed by atoms with van der Waals surface area (Å²) in [7, 11) is 0. The van der Waals surface area contributed by atoms with Crippen molar-refractivity contribution in [3.8, 4) is 0 Å². The third-order valence-electron chi connectivity index (χ3n) is 7.15. The first-order valence-electron chi connectivity index (χ1n) is 12.0. The Balaban J connectivity index is 1.57. The molecule has 194 valence electrons. The number of para-hydroxylation sites is 1. The molecule has 0 saturated carbocycles. The number of alkyl halides is 3. The molecular weight excluding hydrogens is 493 g/mol. The molecule has 1 saturated heterocycles. The number of halogens is 4. The minimum Gasteiger partial charge on any atom is -0.348 e. The van der Waals surface area contributed by atoms with Crippen molar-refractivity contribution < 1.29 is 18.0 Å². The molecule has 0 radical (unpaired) electrons. The zero-order valence-corrected chi connectivity index (χ0v) is 21.3. The number of likely N-dealkylation sites (tertiary alicyclic amines) is 1. The van der Waals surface area contributed by atoms with Gasteiger partial charge in [0.2, 0.25) is 0 Å². The van der Waals surface area contributed by atoms with Gasteiger partial charge in [-0.3, -0.25) is 14.5 Å². The number of rotatable bonds is 6. The summed E-state index contributed by atoms with van der Waals surface area (Å²) in [6.45, 7) is 5.58. The molecule has 1 fully saturated rings. The van der Waals surface area contributed by atoms with Crippen LogP contribution in [0.2, 0.25) is 5.02 Å². The van der Waals surface area contributed by atoms with Crippen molar-refractivity contribution in [1.29, 1.82) is 0 Å². The minimum atomic E-state index is -4.19. The molecule has 36 heavy (non-hydrogen) atoms. The van der Waals surface area contributed by atoms with E-state index in [0.717, 1.165) is 16.6 Å². The Morgan fingerprint density at radius 2 is 1.89 bits per heavy atom. The van der Waals surface area contributed by atoms with Gasteiger partial charge in [-0.25, -0.2) is 0 Å². The largest absolute Gasteiger partial charge is 0.401 e. The van der Waals surface area contributed by atoms with E-state index in [1.54, 1.807) is 13.0 Å². The zero-order chi connectivity index (χ0) is 26.2. The van der Waals surface area contributed by atoms with Crippen molar-refractivity contribution >= 4 is 28.4 Å². The van der Waals surface area contributed by atoms with E-state index in [4.69, 9.17) is 11.6 Å². The summed E-state index contributed by atoms with van der Waals surface area (Å²) in [4.78, 5) is 29.8. The lowest BCUT2D eigenvalue weighted by Gasteiger charge is -2.36. The number of amides is 1. The summed E-state index contributed by atoms with van der Waals surface area (Å²) in [5, 5.41) is 3.92. The molecule has 0 bridgehead atoms. The SMILES string of the molecule is Cc1cc(Cl)c(CNC(=O)c2c(C)n([C@H](C)C3CCN(CC(F)(F)F)CC3)c3ccccc23)c(=O)[nH]1. The van der Waals surface area contributed by atoms with Gasteiger partial charge in [-0.05, 0) is 64.8 Å². The van der Waals surface area contributed by atoms with Gasteiger partial charge in [0.25, 0.3) is 11.5 Å². The third-order valence-corrected chi connectivity index (χ3v) is 7.49. The van der Waals surface area contributed by atoms with Crippen LogP contribution in [0.25, 0.3) is 10.9 Å². The van der Waals surface area contributed by atoms with E-state index in [0.29, 0.717) is 42.2 Å². The van der Waals surface area contributed by atoms with E-state index in [1.165, 1.54) is 4.90 Å². The fraction of sp³-hybridized carbons (Fsp3) is 0.462. The van der Waals surface area contributed by atoms with E-state index in [-0.39, 0.29) is 35.5 Å². The summed E-state index contributed by atoms with van der Waals surface area (Å²) in [5.41, 5.74) is 2.78. The zero-order valence-electron chi connectivity index (χ0n) is 20.5. The monoisotopic (exact) mass is 522 g/mol. The Kier molecular flexibility index (Phi) is 7.52. The molecule has 4 rings (SSSR count). The van der Waals surface area contributed by atoms with Gasteiger partial charge in [-0.1, -0.05) is 29.8 Å². The lowest BCUT2D eigenvalue weighted by molar-refractivity contribution is -0.149. The lowest BCUT2D eigenvalue weighted by atomic mass is 9.90. The van der Waals surface area contributed by atoms with Gasteiger partial charge in [0.15, 0.2) is 0 Å². The first-order chi connectivity index (χ1) is 17.0. The molecule has 2 aromatic heterocycles. The number of hydrogen-bond donors (Lipinski definition) is 2. The van der Waals surface area contributed by atoms with Crippen LogP contribution in [0, 0.1) is 19.8 Å². The molecule has 1 amide bonds. The molecule has 0 unspecified atom stereocenters. The van der Waals surface area contributed by atoms with Crippen molar-refractivity contribution in [3.05, 3.63) is 68.2 Å². The lowest BCUT2D eigenvalue weighted by Crippen LogP contribution is -2.41. The molecule has 3 heterocycles. The third kappa shape index (κ3) is 5.47. The predicted octanol–water partition coefficient (Wildman–Crippen LogP) is 5.37. The number of aryl methyl sites for hydroxylation is 1.